The largest absolute Gasteiger partial charge is 0.335 e. The van der Waals surface area contributed by atoms with Gasteiger partial charge in [-0.3, -0.25) is 9.78 Å². The van der Waals surface area contributed by atoms with Crippen molar-refractivity contribution in [1.82, 2.24) is 9.88 Å². The second kappa shape index (κ2) is 5.94. The Kier molecular flexibility index (Phi) is 4.58. The number of carbonyl (C=O) groups is 1. The van der Waals surface area contributed by atoms with E-state index in [4.69, 9.17) is 5.26 Å². The van der Waals surface area contributed by atoms with Crippen molar-refractivity contribution >= 4 is 5.91 Å². The lowest BCUT2D eigenvalue weighted by Gasteiger charge is -2.25. The number of pyridine rings is 1. The molecule has 0 N–H and O–H groups in total. The standard InChI is InChI=1S/C12H14FN3O/c1-9(2)16(5-3-4-14)12(17)10-6-11(13)8-15-7-10/h6-9H,3,5H2,1-2H3. The molecule has 0 aliphatic carbocycles. The molecule has 0 saturated heterocycles. The topological polar surface area (TPSA) is 57.0 Å². The molecule has 90 valence electrons. The van der Waals surface area contributed by atoms with Crippen LogP contribution < -0.4 is 0 Å². The Morgan fingerprint density at radius 2 is 2.29 bits per heavy atom. The maximum Gasteiger partial charge on any atom is 0.255 e. The maximum atomic E-state index is 13.0. The summed E-state index contributed by atoms with van der Waals surface area (Å²) in [5, 5.41) is 8.53. The van der Waals surface area contributed by atoms with Gasteiger partial charge in [0.25, 0.3) is 5.91 Å². The van der Waals surface area contributed by atoms with Gasteiger partial charge in [0, 0.05) is 18.8 Å². The number of nitrogens with zero attached hydrogens (tertiary/aromatic N) is 3. The van der Waals surface area contributed by atoms with Gasteiger partial charge in [0.05, 0.1) is 24.3 Å². The van der Waals surface area contributed by atoms with E-state index in [9.17, 15) is 9.18 Å². The first-order chi connectivity index (χ1) is 8.06. The molecule has 17 heavy (non-hydrogen) atoms. The van der Waals surface area contributed by atoms with E-state index in [0.717, 1.165) is 12.3 Å². The molecule has 0 aromatic carbocycles. The third-order valence-electron chi connectivity index (χ3n) is 2.30. The second-order valence-corrected chi connectivity index (χ2v) is 3.89. The summed E-state index contributed by atoms with van der Waals surface area (Å²) in [5.74, 6) is -0.845. The average molecular weight is 235 g/mol. The number of carbonyl (C=O) groups excluding carboxylic acids is 1. The lowest BCUT2D eigenvalue weighted by molar-refractivity contribution is 0.0709. The predicted molar refractivity (Wildman–Crippen MR) is 60.6 cm³/mol. The Bertz CT molecular complexity index is 440. The highest BCUT2D eigenvalue weighted by molar-refractivity contribution is 5.94. The average Bonchev–Trinajstić information content (AvgIpc) is 2.29. The Labute approximate surface area is 99.7 Å². The van der Waals surface area contributed by atoms with Crippen molar-refractivity contribution in [1.29, 1.82) is 5.26 Å². The van der Waals surface area contributed by atoms with Gasteiger partial charge in [0.2, 0.25) is 0 Å². The van der Waals surface area contributed by atoms with E-state index in [1.54, 1.807) is 0 Å². The van der Waals surface area contributed by atoms with Crippen LogP contribution in [0.2, 0.25) is 0 Å². The number of rotatable bonds is 4. The summed E-state index contributed by atoms with van der Waals surface area (Å²) in [5.41, 5.74) is 0.205. The van der Waals surface area contributed by atoms with Gasteiger partial charge in [-0.05, 0) is 19.9 Å². The van der Waals surface area contributed by atoms with Crippen LogP contribution in [0.25, 0.3) is 0 Å². The van der Waals surface area contributed by atoms with E-state index in [1.807, 2.05) is 19.9 Å². The molecular weight excluding hydrogens is 221 g/mol. The van der Waals surface area contributed by atoms with Crippen LogP contribution in [0, 0.1) is 17.1 Å². The molecule has 0 atom stereocenters. The van der Waals surface area contributed by atoms with Crippen molar-refractivity contribution in [2.75, 3.05) is 6.54 Å². The molecule has 1 amide bonds. The van der Waals surface area contributed by atoms with Gasteiger partial charge in [0.15, 0.2) is 0 Å². The first-order valence-corrected chi connectivity index (χ1v) is 5.34. The van der Waals surface area contributed by atoms with E-state index in [0.29, 0.717) is 6.54 Å². The molecule has 1 aromatic heterocycles. The molecule has 0 aliphatic heterocycles. The minimum Gasteiger partial charge on any atom is -0.335 e. The summed E-state index contributed by atoms with van der Waals surface area (Å²) in [6.07, 6.45) is 2.63. The smallest absolute Gasteiger partial charge is 0.255 e. The molecule has 1 heterocycles. The highest BCUT2D eigenvalue weighted by atomic mass is 19.1. The molecule has 0 unspecified atom stereocenters. The highest BCUT2D eigenvalue weighted by Crippen LogP contribution is 2.09. The summed E-state index contributed by atoms with van der Waals surface area (Å²) in [7, 11) is 0. The minimum atomic E-state index is -0.542. The third kappa shape index (κ3) is 3.52. The fourth-order valence-corrected chi connectivity index (χ4v) is 1.46. The first kappa shape index (κ1) is 13.1. The zero-order valence-corrected chi connectivity index (χ0v) is 9.85. The maximum absolute atomic E-state index is 13.0. The molecule has 4 nitrogen and oxygen atoms in total. The molecule has 5 heteroatoms. The van der Waals surface area contributed by atoms with Crippen molar-refractivity contribution in [3.63, 3.8) is 0 Å². The van der Waals surface area contributed by atoms with Crippen LogP contribution in [0.3, 0.4) is 0 Å². The highest BCUT2D eigenvalue weighted by Gasteiger charge is 2.18. The van der Waals surface area contributed by atoms with Crippen molar-refractivity contribution in [2.45, 2.75) is 26.3 Å². The SMILES string of the molecule is CC(C)N(CCC#N)C(=O)c1cncc(F)c1. The monoisotopic (exact) mass is 235 g/mol. The zero-order chi connectivity index (χ0) is 12.8. The lowest BCUT2D eigenvalue weighted by atomic mass is 10.2. The first-order valence-electron chi connectivity index (χ1n) is 5.34. The summed E-state index contributed by atoms with van der Waals surface area (Å²) in [4.78, 5) is 17.2. The molecular formula is C12H14FN3O. The molecule has 0 aliphatic rings. The Morgan fingerprint density at radius 3 is 2.82 bits per heavy atom. The van der Waals surface area contributed by atoms with Crippen molar-refractivity contribution in [3.05, 3.63) is 29.8 Å². The van der Waals surface area contributed by atoms with Crippen LogP contribution in [0.5, 0.6) is 0 Å². The van der Waals surface area contributed by atoms with Crippen LogP contribution in [0.4, 0.5) is 4.39 Å². The van der Waals surface area contributed by atoms with Gasteiger partial charge >= 0.3 is 0 Å². The Balaban J connectivity index is 2.88. The van der Waals surface area contributed by atoms with Gasteiger partial charge < -0.3 is 4.90 Å². The molecule has 0 radical (unpaired) electrons. The van der Waals surface area contributed by atoms with Crippen LogP contribution in [0.1, 0.15) is 30.6 Å². The minimum absolute atomic E-state index is 0.0425. The van der Waals surface area contributed by atoms with E-state index in [2.05, 4.69) is 4.98 Å². The Hall–Kier alpha value is -1.96. The normalized spacial score (nSPS) is 10.1. The van der Waals surface area contributed by atoms with E-state index in [-0.39, 0.29) is 23.9 Å². The second-order valence-electron chi connectivity index (χ2n) is 3.89. The van der Waals surface area contributed by atoms with Gasteiger partial charge in [-0.2, -0.15) is 5.26 Å². The molecule has 1 rings (SSSR count). The van der Waals surface area contributed by atoms with E-state index < -0.39 is 5.82 Å². The van der Waals surface area contributed by atoms with Crippen molar-refractivity contribution in [2.24, 2.45) is 0 Å². The van der Waals surface area contributed by atoms with Gasteiger partial charge in [0.1, 0.15) is 5.82 Å². The van der Waals surface area contributed by atoms with Crippen LogP contribution in [-0.4, -0.2) is 28.4 Å². The number of amides is 1. The number of hydrogen-bond acceptors (Lipinski definition) is 3. The summed E-state index contributed by atoms with van der Waals surface area (Å²) < 4.78 is 13.0. The number of hydrogen-bond donors (Lipinski definition) is 0. The molecule has 1 aromatic rings. The van der Waals surface area contributed by atoms with Gasteiger partial charge in [-0.25, -0.2) is 4.39 Å². The molecule has 0 fully saturated rings. The summed E-state index contributed by atoms with van der Waals surface area (Å²) >= 11 is 0. The fourth-order valence-electron chi connectivity index (χ4n) is 1.46. The van der Waals surface area contributed by atoms with Crippen LogP contribution >= 0.6 is 0 Å². The molecule has 0 saturated carbocycles. The van der Waals surface area contributed by atoms with Gasteiger partial charge in [-0.15, -0.1) is 0 Å². The quantitative estimate of drug-likeness (QED) is 0.801. The van der Waals surface area contributed by atoms with Crippen molar-refractivity contribution < 1.29 is 9.18 Å². The van der Waals surface area contributed by atoms with Gasteiger partial charge in [-0.1, -0.05) is 0 Å². The molecule has 0 bridgehead atoms. The number of nitriles is 1. The number of aromatic nitrogens is 1. The fraction of sp³-hybridized carbons (Fsp3) is 0.417. The lowest BCUT2D eigenvalue weighted by Crippen LogP contribution is -2.37. The van der Waals surface area contributed by atoms with E-state index >= 15 is 0 Å². The summed E-state index contributed by atoms with van der Waals surface area (Å²) in [6.45, 7) is 4.04. The third-order valence-corrected chi connectivity index (χ3v) is 2.30. The summed E-state index contributed by atoms with van der Waals surface area (Å²) in [6, 6.07) is 3.09. The zero-order valence-electron chi connectivity index (χ0n) is 9.85. The van der Waals surface area contributed by atoms with Crippen LogP contribution in [-0.2, 0) is 0 Å². The molecule has 0 spiro atoms. The predicted octanol–water partition coefficient (Wildman–Crippen LogP) is 1.98. The van der Waals surface area contributed by atoms with Crippen LogP contribution in [0.15, 0.2) is 18.5 Å². The Morgan fingerprint density at radius 1 is 1.59 bits per heavy atom. The van der Waals surface area contributed by atoms with Crippen molar-refractivity contribution in [3.8, 4) is 6.07 Å². The van der Waals surface area contributed by atoms with E-state index in [1.165, 1.54) is 11.1 Å². The number of halogens is 1.